The Morgan fingerprint density at radius 1 is 1.11 bits per heavy atom. The SMILES string of the molecule is COc1ccc2c(C)c(CCC(=O)Nc3cc(C)ccc3C)c(=O)oc2c1. The minimum Gasteiger partial charge on any atom is -0.497 e. The molecule has 3 rings (SSSR count). The maximum absolute atomic E-state index is 12.4. The molecule has 1 heterocycles. The highest BCUT2D eigenvalue weighted by Gasteiger charge is 2.14. The maximum atomic E-state index is 12.4. The molecule has 0 aliphatic heterocycles. The minimum absolute atomic E-state index is 0.127. The molecule has 0 radical (unpaired) electrons. The second-order valence-corrected chi connectivity index (χ2v) is 6.72. The summed E-state index contributed by atoms with van der Waals surface area (Å²) in [6.07, 6.45) is 0.535. The van der Waals surface area contributed by atoms with E-state index in [1.54, 1.807) is 13.2 Å². The van der Waals surface area contributed by atoms with Gasteiger partial charge in [-0.1, -0.05) is 12.1 Å². The molecule has 2 aromatic carbocycles. The summed E-state index contributed by atoms with van der Waals surface area (Å²) in [5.74, 6) is 0.503. The second-order valence-electron chi connectivity index (χ2n) is 6.72. The van der Waals surface area contributed by atoms with Crippen molar-refractivity contribution < 1.29 is 13.9 Å². The zero-order valence-electron chi connectivity index (χ0n) is 16.0. The third-order valence-electron chi connectivity index (χ3n) is 4.76. The van der Waals surface area contributed by atoms with E-state index in [0.29, 0.717) is 23.3 Å². The van der Waals surface area contributed by atoms with Crippen LogP contribution in [0.25, 0.3) is 11.0 Å². The van der Waals surface area contributed by atoms with Crippen LogP contribution in [0, 0.1) is 20.8 Å². The Morgan fingerprint density at radius 2 is 1.89 bits per heavy atom. The predicted molar refractivity (Wildman–Crippen MR) is 107 cm³/mol. The van der Waals surface area contributed by atoms with Gasteiger partial charge in [-0.15, -0.1) is 0 Å². The van der Waals surface area contributed by atoms with E-state index in [4.69, 9.17) is 9.15 Å². The molecule has 0 spiro atoms. The van der Waals surface area contributed by atoms with E-state index in [1.807, 2.05) is 51.1 Å². The van der Waals surface area contributed by atoms with Crippen LogP contribution in [0.4, 0.5) is 5.69 Å². The van der Waals surface area contributed by atoms with Crippen molar-refractivity contribution in [3.05, 3.63) is 69.1 Å². The van der Waals surface area contributed by atoms with Crippen molar-refractivity contribution in [1.82, 2.24) is 0 Å². The van der Waals surface area contributed by atoms with Gasteiger partial charge in [0.15, 0.2) is 0 Å². The van der Waals surface area contributed by atoms with E-state index in [1.165, 1.54) is 0 Å². The van der Waals surface area contributed by atoms with E-state index < -0.39 is 5.63 Å². The fourth-order valence-corrected chi connectivity index (χ4v) is 3.11. The number of ether oxygens (including phenoxy) is 1. The molecule has 0 saturated heterocycles. The molecule has 0 bridgehead atoms. The van der Waals surface area contributed by atoms with E-state index >= 15 is 0 Å². The van der Waals surface area contributed by atoms with Gasteiger partial charge in [0, 0.05) is 29.1 Å². The summed E-state index contributed by atoms with van der Waals surface area (Å²) < 4.78 is 10.6. The van der Waals surface area contributed by atoms with Crippen LogP contribution in [0.2, 0.25) is 0 Å². The molecule has 0 atom stereocenters. The van der Waals surface area contributed by atoms with Crippen LogP contribution in [-0.2, 0) is 11.2 Å². The molecule has 0 saturated carbocycles. The average molecular weight is 365 g/mol. The van der Waals surface area contributed by atoms with Crippen LogP contribution in [0.15, 0.2) is 45.6 Å². The molecule has 1 amide bonds. The number of amides is 1. The van der Waals surface area contributed by atoms with Crippen LogP contribution >= 0.6 is 0 Å². The monoisotopic (exact) mass is 365 g/mol. The molecule has 5 nitrogen and oxygen atoms in total. The van der Waals surface area contributed by atoms with Gasteiger partial charge < -0.3 is 14.5 Å². The number of methoxy groups -OCH3 is 1. The number of carbonyl (C=O) groups is 1. The topological polar surface area (TPSA) is 68.5 Å². The Labute approximate surface area is 158 Å². The van der Waals surface area contributed by atoms with Gasteiger partial charge in [-0.05, 0) is 62.1 Å². The van der Waals surface area contributed by atoms with Crippen LogP contribution in [0.1, 0.15) is 28.7 Å². The molecule has 0 fully saturated rings. The van der Waals surface area contributed by atoms with Crippen molar-refractivity contribution in [2.45, 2.75) is 33.6 Å². The van der Waals surface area contributed by atoms with Gasteiger partial charge in [0.05, 0.1) is 7.11 Å². The van der Waals surface area contributed by atoms with Crippen LogP contribution < -0.4 is 15.7 Å². The number of carbonyl (C=O) groups excluding carboxylic acids is 1. The lowest BCUT2D eigenvalue weighted by Gasteiger charge is -2.11. The van der Waals surface area contributed by atoms with E-state index in [-0.39, 0.29) is 12.3 Å². The van der Waals surface area contributed by atoms with Crippen LogP contribution in [0.3, 0.4) is 0 Å². The standard InChI is InChI=1S/C22H23NO4/c1-13-5-6-14(2)19(11-13)23-21(24)10-9-18-15(3)17-8-7-16(26-4)12-20(17)27-22(18)25/h5-8,11-12H,9-10H2,1-4H3,(H,23,24). The summed E-state index contributed by atoms with van der Waals surface area (Å²) in [7, 11) is 1.56. The second kappa shape index (κ2) is 7.66. The Bertz CT molecular complexity index is 1070. The molecule has 27 heavy (non-hydrogen) atoms. The summed E-state index contributed by atoms with van der Waals surface area (Å²) in [4.78, 5) is 24.7. The molecule has 1 N–H and O–H groups in total. The van der Waals surface area contributed by atoms with Gasteiger partial charge in [-0.2, -0.15) is 0 Å². The minimum atomic E-state index is -0.409. The Morgan fingerprint density at radius 3 is 2.63 bits per heavy atom. The smallest absolute Gasteiger partial charge is 0.339 e. The molecule has 1 aromatic heterocycles. The summed E-state index contributed by atoms with van der Waals surface area (Å²) in [6, 6.07) is 11.3. The number of aryl methyl sites for hydroxylation is 3. The Balaban J connectivity index is 1.79. The molecule has 0 aliphatic rings. The van der Waals surface area contributed by atoms with Crippen molar-refractivity contribution in [2.75, 3.05) is 12.4 Å². The summed E-state index contributed by atoms with van der Waals surface area (Å²) >= 11 is 0. The van der Waals surface area contributed by atoms with E-state index in [0.717, 1.165) is 27.8 Å². The number of hydrogen-bond donors (Lipinski definition) is 1. The first-order valence-corrected chi connectivity index (χ1v) is 8.86. The van der Waals surface area contributed by atoms with Gasteiger partial charge in [-0.25, -0.2) is 4.79 Å². The van der Waals surface area contributed by atoms with Crippen LogP contribution in [0.5, 0.6) is 5.75 Å². The first-order valence-electron chi connectivity index (χ1n) is 8.86. The number of rotatable bonds is 5. The van der Waals surface area contributed by atoms with E-state index in [2.05, 4.69) is 5.32 Å². The summed E-state index contributed by atoms with van der Waals surface area (Å²) in [5, 5.41) is 3.77. The van der Waals surface area contributed by atoms with Crippen molar-refractivity contribution in [3.8, 4) is 5.75 Å². The largest absolute Gasteiger partial charge is 0.497 e. The third kappa shape index (κ3) is 4.03. The van der Waals surface area contributed by atoms with Crippen molar-refractivity contribution in [1.29, 1.82) is 0 Å². The number of nitrogens with one attached hydrogen (secondary N) is 1. The number of anilines is 1. The molecule has 0 unspecified atom stereocenters. The van der Waals surface area contributed by atoms with Gasteiger partial charge in [0.1, 0.15) is 11.3 Å². The lowest BCUT2D eigenvalue weighted by atomic mass is 10.0. The molecular weight excluding hydrogens is 342 g/mol. The van der Waals surface area contributed by atoms with Gasteiger partial charge >= 0.3 is 5.63 Å². The highest BCUT2D eigenvalue weighted by Crippen LogP contribution is 2.24. The number of benzene rings is 2. The highest BCUT2D eigenvalue weighted by molar-refractivity contribution is 5.92. The van der Waals surface area contributed by atoms with Crippen LogP contribution in [-0.4, -0.2) is 13.0 Å². The first kappa shape index (κ1) is 18.7. The normalized spacial score (nSPS) is 10.8. The van der Waals surface area contributed by atoms with E-state index in [9.17, 15) is 9.59 Å². The summed E-state index contributed by atoms with van der Waals surface area (Å²) in [6.45, 7) is 5.81. The summed E-state index contributed by atoms with van der Waals surface area (Å²) in [5.41, 5.74) is 4.33. The maximum Gasteiger partial charge on any atom is 0.339 e. The predicted octanol–water partition coefficient (Wildman–Crippen LogP) is 4.30. The zero-order chi connectivity index (χ0) is 19.6. The molecule has 5 heteroatoms. The molecule has 0 aliphatic carbocycles. The van der Waals surface area contributed by atoms with Crippen molar-refractivity contribution in [2.24, 2.45) is 0 Å². The van der Waals surface area contributed by atoms with Gasteiger partial charge in [0.2, 0.25) is 5.91 Å². The highest BCUT2D eigenvalue weighted by atomic mass is 16.5. The zero-order valence-corrected chi connectivity index (χ0v) is 16.0. The number of fused-ring (bicyclic) bond motifs is 1. The average Bonchev–Trinajstić information content (AvgIpc) is 2.64. The molecule has 140 valence electrons. The Hall–Kier alpha value is -3.08. The molecular formula is C22H23NO4. The quantitative estimate of drug-likeness (QED) is 0.685. The van der Waals surface area contributed by atoms with Gasteiger partial charge in [-0.3, -0.25) is 4.79 Å². The lowest BCUT2D eigenvalue weighted by molar-refractivity contribution is -0.116. The van der Waals surface area contributed by atoms with Crippen molar-refractivity contribution in [3.63, 3.8) is 0 Å². The Kier molecular flexibility index (Phi) is 5.31. The first-order chi connectivity index (χ1) is 12.9. The van der Waals surface area contributed by atoms with Crippen molar-refractivity contribution >= 4 is 22.6 Å². The van der Waals surface area contributed by atoms with Gasteiger partial charge in [0.25, 0.3) is 0 Å². The number of hydrogen-bond acceptors (Lipinski definition) is 4. The lowest BCUT2D eigenvalue weighted by Crippen LogP contribution is -2.17. The third-order valence-corrected chi connectivity index (χ3v) is 4.76. The molecule has 3 aromatic rings. The fraction of sp³-hybridized carbons (Fsp3) is 0.273. The fourth-order valence-electron chi connectivity index (χ4n) is 3.11.